The number of hydrogen-bond acceptors (Lipinski definition) is 7. The zero-order valence-electron chi connectivity index (χ0n) is 17.6. The fourth-order valence-corrected chi connectivity index (χ4v) is 6.84. The molecule has 0 saturated heterocycles. The summed E-state index contributed by atoms with van der Waals surface area (Å²) in [5.41, 5.74) is -0.0278. The van der Waals surface area contributed by atoms with Crippen LogP contribution in [0.25, 0.3) is 0 Å². The van der Waals surface area contributed by atoms with Gasteiger partial charge in [0.2, 0.25) is 0 Å². The lowest BCUT2D eigenvalue weighted by atomic mass is 9.90. The number of hydrogen-bond donors (Lipinski definition) is 0. The van der Waals surface area contributed by atoms with Crippen LogP contribution in [-0.2, 0) is 22.7 Å². The number of nitriles is 1. The smallest absolute Gasteiger partial charge is 0.322 e. The highest BCUT2D eigenvalue weighted by atomic mass is 31.2. The first-order valence-corrected chi connectivity index (χ1v) is 12.5. The Morgan fingerprint density at radius 3 is 2.07 bits per heavy atom. The fourth-order valence-electron chi connectivity index (χ4n) is 3.48. The zero-order chi connectivity index (χ0) is 20.4. The van der Waals surface area contributed by atoms with Crippen LogP contribution >= 0.6 is 16.1 Å². The Hall–Kier alpha value is -0.0500. The van der Waals surface area contributed by atoms with E-state index in [9.17, 15) is 4.57 Å². The molecule has 1 aliphatic carbocycles. The quantitative estimate of drug-likeness (QED) is 0.311. The van der Waals surface area contributed by atoms with E-state index in [4.69, 9.17) is 23.4 Å². The van der Waals surface area contributed by atoms with Crippen LogP contribution in [-0.4, -0.2) is 49.8 Å². The Bertz CT molecular complexity index is 488. The van der Waals surface area contributed by atoms with Crippen molar-refractivity contribution >= 4 is 16.1 Å². The normalized spacial score (nSPS) is 22.4. The topological polar surface area (TPSA) is 81.0 Å². The molecule has 0 amide bonds. The molecule has 0 aromatic carbocycles. The summed E-state index contributed by atoms with van der Waals surface area (Å²) < 4.78 is 37.2. The summed E-state index contributed by atoms with van der Waals surface area (Å²) in [6.45, 7) is 9.52. The lowest BCUT2D eigenvalue weighted by Crippen LogP contribution is -2.34. The van der Waals surface area contributed by atoms with Crippen molar-refractivity contribution in [1.82, 2.24) is 4.67 Å². The molecule has 0 aliphatic heterocycles. The van der Waals surface area contributed by atoms with Gasteiger partial charge in [0.25, 0.3) is 8.53 Å². The molecule has 9 heteroatoms. The predicted octanol–water partition coefficient (Wildman–Crippen LogP) is 5.32. The van der Waals surface area contributed by atoms with Gasteiger partial charge in [-0.05, 0) is 59.3 Å². The Morgan fingerprint density at radius 2 is 1.63 bits per heavy atom. The van der Waals surface area contributed by atoms with Gasteiger partial charge in [-0.1, -0.05) is 0 Å². The summed E-state index contributed by atoms with van der Waals surface area (Å²) in [6, 6.07) is 2.71. The third-order valence-electron chi connectivity index (χ3n) is 4.86. The molecule has 1 fully saturated rings. The molecule has 27 heavy (non-hydrogen) atoms. The molecule has 1 aliphatic rings. The molecule has 0 aromatic heterocycles. The van der Waals surface area contributed by atoms with Crippen LogP contribution in [0.15, 0.2) is 0 Å². The first-order valence-electron chi connectivity index (χ1n) is 9.71. The molecule has 1 rings (SSSR count). The van der Waals surface area contributed by atoms with Gasteiger partial charge in [-0.25, -0.2) is 4.67 Å². The summed E-state index contributed by atoms with van der Waals surface area (Å²) in [7, 11) is -1.27. The Kier molecular flexibility index (Phi) is 11.6. The van der Waals surface area contributed by atoms with Gasteiger partial charge in [0.05, 0.1) is 31.4 Å². The molecule has 0 aromatic rings. The molecule has 7 nitrogen and oxygen atoms in total. The standard InChI is InChI=1S/C18H36N2O5P2/c1-15(2)20(16(3)4)26(24-13-7-12-19)25-14-17-8-10-18(11-9-17)27(21,22-5)23-6/h15-18H,7-11,13-14H2,1-6H3. The third kappa shape index (κ3) is 7.71. The molecular weight excluding hydrogens is 386 g/mol. The first-order chi connectivity index (χ1) is 12.8. The van der Waals surface area contributed by atoms with E-state index >= 15 is 0 Å². The molecule has 1 saturated carbocycles. The van der Waals surface area contributed by atoms with E-state index in [1.54, 1.807) is 0 Å². The van der Waals surface area contributed by atoms with Crippen LogP contribution in [0.2, 0.25) is 0 Å². The molecule has 0 spiro atoms. The minimum atomic E-state index is -2.98. The predicted molar refractivity (Wildman–Crippen MR) is 109 cm³/mol. The second-order valence-electron chi connectivity index (χ2n) is 7.42. The van der Waals surface area contributed by atoms with Crippen LogP contribution in [0.5, 0.6) is 0 Å². The van der Waals surface area contributed by atoms with Crippen molar-refractivity contribution in [3.8, 4) is 6.07 Å². The summed E-state index contributed by atoms with van der Waals surface area (Å²) in [4.78, 5) is 0. The van der Waals surface area contributed by atoms with Gasteiger partial charge < -0.3 is 18.1 Å². The van der Waals surface area contributed by atoms with E-state index in [2.05, 4.69) is 38.4 Å². The van der Waals surface area contributed by atoms with E-state index in [0.717, 1.165) is 25.7 Å². The van der Waals surface area contributed by atoms with Gasteiger partial charge in [-0.15, -0.1) is 0 Å². The maximum absolute atomic E-state index is 12.5. The van der Waals surface area contributed by atoms with Crippen molar-refractivity contribution in [2.45, 2.75) is 77.5 Å². The van der Waals surface area contributed by atoms with Gasteiger partial charge in [0.1, 0.15) is 0 Å². The van der Waals surface area contributed by atoms with Crippen LogP contribution in [0, 0.1) is 17.2 Å². The van der Waals surface area contributed by atoms with Gasteiger partial charge in [-0.3, -0.25) is 4.57 Å². The van der Waals surface area contributed by atoms with E-state index in [-0.39, 0.29) is 5.66 Å². The Morgan fingerprint density at radius 1 is 1.07 bits per heavy atom. The minimum Gasteiger partial charge on any atom is -0.322 e. The molecule has 158 valence electrons. The fraction of sp³-hybridized carbons (Fsp3) is 0.944. The minimum absolute atomic E-state index is 0.0278. The van der Waals surface area contributed by atoms with Crippen molar-refractivity contribution in [3.63, 3.8) is 0 Å². The summed E-state index contributed by atoms with van der Waals surface area (Å²) in [5.74, 6) is 0.411. The van der Waals surface area contributed by atoms with Crippen LogP contribution in [0.4, 0.5) is 0 Å². The Labute approximate surface area is 166 Å². The van der Waals surface area contributed by atoms with Crippen LogP contribution in [0.1, 0.15) is 59.8 Å². The summed E-state index contributed by atoms with van der Waals surface area (Å²) >= 11 is 0. The highest BCUT2D eigenvalue weighted by Crippen LogP contribution is 2.57. The largest absolute Gasteiger partial charge is 0.333 e. The average Bonchev–Trinajstić information content (AvgIpc) is 2.65. The Balaban J connectivity index is 2.60. The molecule has 1 unspecified atom stereocenters. The van der Waals surface area contributed by atoms with Crippen molar-refractivity contribution in [3.05, 3.63) is 0 Å². The van der Waals surface area contributed by atoms with Gasteiger partial charge in [-0.2, -0.15) is 5.26 Å². The first kappa shape index (κ1) is 25.0. The molecule has 0 N–H and O–H groups in total. The second kappa shape index (κ2) is 12.5. The number of nitrogens with zero attached hydrogens (tertiary/aromatic N) is 2. The van der Waals surface area contributed by atoms with E-state index < -0.39 is 16.1 Å². The van der Waals surface area contributed by atoms with E-state index in [0.29, 0.717) is 37.6 Å². The third-order valence-corrected chi connectivity index (χ3v) is 9.36. The molecule has 0 heterocycles. The SMILES string of the molecule is COP(=O)(OC)C1CCC(COP(OCCC#N)N(C(C)C)C(C)C)CC1. The van der Waals surface area contributed by atoms with Gasteiger partial charge >= 0.3 is 7.60 Å². The monoisotopic (exact) mass is 422 g/mol. The maximum atomic E-state index is 12.5. The van der Waals surface area contributed by atoms with Gasteiger partial charge in [0, 0.05) is 26.3 Å². The summed E-state index contributed by atoms with van der Waals surface area (Å²) in [6.07, 6.45) is 3.87. The van der Waals surface area contributed by atoms with Crippen LogP contribution < -0.4 is 0 Å². The van der Waals surface area contributed by atoms with Gasteiger partial charge in [0.15, 0.2) is 0 Å². The number of rotatable bonds is 12. The zero-order valence-corrected chi connectivity index (χ0v) is 19.4. The highest BCUT2D eigenvalue weighted by molar-refractivity contribution is 7.54. The molecule has 0 radical (unpaired) electrons. The molecular formula is C18H36N2O5P2. The lowest BCUT2D eigenvalue weighted by Gasteiger charge is -2.37. The molecule has 1 atom stereocenters. The highest BCUT2D eigenvalue weighted by Gasteiger charge is 2.37. The van der Waals surface area contributed by atoms with Crippen molar-refractivity contribution in [1.29, 1.82) is 5.26 Å². The van der Waals surface area contributed by atoms with Crippen molar-refractivity contribution in [2.24, 2.45) is 5.92 Å². The maximum Gasteiger partial charge on any atom is 0.333 e. The average molecular weight is 422 g/mol. The van der Waals surface area contributed by atoms with E-state index in [1.165, 1.54) is 14.2 Å². The summed E-state index contributed by atoms with van der Waals surface area (Å²) in [5, 5.41) is 8.78. The van der Waals surface area contributed by atoms with Crippen molar-refractivity contribution in [2.75, 3.05) is 27.4 Å². The molecule has 0 bridgehead atoms. The van der Waals surface area contributed by atoms with E-state index in [1.807, 2.05) is 0 Å². The van der Waals surface area contributed by atoms with Crippen LogP contribution in [0.3, 0.4) is 0 Å². The second-order valence-corrected chi connectivity index (χ2v) is 11.4. The lowest BCUT2D eigenvalue weighted by molar-refractivity contribution is 0.143. The van der Waals surface area contributed by atoms with Crippen molar-refractivity contribution < 1.29 is 22.7 Å².